The Bertz CT molecular complexity index is 1390. The number of hydrogen-bond acceptors (Lipinski definition) is 5. The molecule has 1 saturated heterocycles. The molecule has 0 aliphatic carbocycles. The molecule has 2 aliphatic rings. The lowest BCUT2D eigenvalue weighted by atomic mass is 9.96. The molecule has 14 heteroatoms. The molecule has 0 saturated carbocycles. The van der Waals surface area contributed by atoms with Crippen LogP contribution in [0.15, 0.2) is 35.3 Å². The van der Waals surface area contributed by atoms with Crippen LogP contribution in [0.5, 0.6) is 0 Å². The van der Waals surface area contributed by atoms with E-state index in [-0.39, 0.29) is 55.1 Å². The molecule has 0 spiro atoms. The van der Waals surface area contributed by atoms with Crippen LogP contribution in [0, 0.1) is 5.82 Å². The number of likely N-dealkylation sites (N-methyl/N-ethyl adjacent to an activating group) is 1. The number of alkyl halides is 6. The molecule has 1 aromatic heterocycles. The van der Waals surface area contributed by atoms with Gasteiger partial charge in [0, 0.05) is 62.6 Å². The molecule has 230 valence electrons. The van der Waals surface area contributed by atoms with Crippen molar-refractivity contribution >= 4 is 22.9 Å². The highest BCUT2D eigenvalue weighted by atomic mass is 19.4. The molecule has 7 nitrogen and oxygen atoms in total. The molecule has 2 unspecified atom stereocenters. The molecular weight excluding hydrogens is 571 g/mol. The van der Waals surface area contributed by atoms with E-state index in [1.165, 1.54) is 12.1 Å². The van der Waals surface area contributed by atoms with E-state index in [0.29, 0.717) is 30.9 Å². The Labute approximate surface area is 238 Å². The van der Waals surface area contributed by atoms with Crippen LogP contribution in [0.1, 0.15) is 48.2 Å². The second-order valence-electron chi connectivity index (χ2n) is 10.8. The third kappa shape index (κ3) is 7.33. The van der Waals surface area contributed by atoms with Crippen molar-refractivity contribution in [2.24, 2.45) is 0 Å². The number of anilines is 2. The number of pyridine rings is 1. The van der Waals surface area contributed by atoms with Crippen LogP contribution in [-0.2, 0) is 6.18 Å². The van der Waals surface area contributed by atoms with Gasteiger partial charge >= 0.3 is 12.4 Å². The highest BCUT2D eigenvalue weighted by Gasteiger charge is 2.36. The average Bonchev–Trinajstić information content (AvgIpc) is 2.90. The maximum absolute atomic E-state index is 15.6. The minimum atomic E-state index is -4.98. The van der Waals surface area contributed by atoms with Gasteiger partial charge in [0.05, 0.1) is 28.9 Å². The van der Waals surface area contributed by atoms with Crippen LogP contribution in [-0.4, -0.2) is 78.7 Å². The normalized spacial score (nSPS) is 20.9. The summed E-state index contributed by atoms with van der Waals surface area (Å²) in [6, 6.07) is 2.96. The molecule has 0 bridgehead atoms. The second kappa shape index (κ2) is 12.1. The first kappa shape index (κ1) is 31.5. The van der Waals surface area contributed by atoms with Gasteiger partial charge in [-0.15, -0.1) is 0 Å². The van der Waals surface area contributed by atoms with Crippen molar-refractivity contribution in [3.63, 3.8) is 0 Å². The van der Waals surface area contributed by atoms with Gasteiger partial charge in [-0.2, -0.15) is 26.3 Å². The third-order valence-corrected chi connectivity index (χ3v) is 7.86. The van der Waals surface area contributed by atoms with Crippen molar-refractivity contribution in [3.8, 4) is 0 Å². The van der Waals surface area contributed by atoms with E-state index in [1.54, 1.807) is 11.0 Å². The van der Waals surface area contributed by atoms with Crippen LogP contribution in [0.2, 0.25) is 0 Å². The van der Waals surface area contributed by atoms with Gasteiger partial charge in [-0.1, -0.05) is 6.08 Å². The fourth-order valence-corrected chi connectivity index (χ4v) is 5.30. The number of aromatic nitrogens is 1. The Hall–Kier alpha value is -3.39. The molecule has 4 rings (SSSR count). The molecule has 0 radical (unpaired) electrons. The number of carbonyl (C=O) groups is 1. The third-order valence-electron chi connectivity index (χ3n) is 7.86. The van der Waals surface area contributed by atoms with Crippen molar-refractivity contribution < 1.29 is 35.5 Å². The Kier molecular flexibility index (Phi) is 9.07. The monoisotopic (exact) mass is 603 g/mol. The largest absolute Gasteiger partial charge is 0.417 e. The van der Waals surface area contributed by atoms with E-state index in [2.05, 4.69) is 15.2 Å². The summed E-state index contributed by atoms with van der Waals surface area (Å²) in [6.45, 7) is 5.06. The quantitative estimate of drug-likeness (QED) is 0.436. The Morgan fingerprint density at radius 1 is 1.07 bits per heavy atom. The topological polar surface area (TPSA) is 71.7 Å². The fraction of sp³-hybridized carbons (Fsp3) is 0.500. The van der Waals surface area contributed by atoms with Crippen molar-refractivity contribution in [3.05, 3.63) is 63.3 Å². The molecule has 1 aromatic carbocycles. The van der Waals surface area contributed by atoms with Gasteiger partial charge in [-0.05, 0) is 45.0 Å². The Morgan fingerprint density at radius 2 is 1.74 bits per heavy atom. The predicted octanol–water partition coefficient (Wildman–Crippen LogP) is 5.36. The fourth-order valence-electron chi connectivity index (χ4n) is 5.30. The van der Waals surface area contributed by atoms with Gasteiger partial charge in [-0.25, -0.2) is 4.39 Å². The molecule has 2 atom stereocenters. The number of hydrogen-bond donors (Lipinski definition) is 2. The zero-order valence-corrected chi connectivity index (χ0v) is 23.3. The average molecular weight is 604 g/mol. The maximum atomic E-state index is 15.6. The number of carbonyl (C=O) groups excluding carboxylic acids is 1. The van der Waals surface area contributed by atoms with E-state index < -0.39 is 47.2 Å². The van der Waals surface area contributed by atoms with Crippen molar-refractivity contribution in [2.45, 2.75) is 51.1 Å². The van der Waals surface area contributed by atoms with Crippen LogP contribution < -0.4 is 15.8 Å². The van der Waals surface area contributed by atoms with E-state index in [9.17, 15) is 35.9 Å². The summed E-state index contributed by atoms with van der Waals surface area (Å²) in [6.07, 6.45) is -7.71. The van der Waals surface area contributed by atoms with Gasteiger partial charge in [-0.3, -0.25) is 19.4 Å². The first-order valence-corrected chi connectivity index (χ1v) is 13.4. The van der Waals surface area contributed by atoms with Gasteiger partial charge in [0.15, 0.2) is 0 Å². The van der Waals surface area contributed by atoms with Gasteiger partial charge < -0.3 is 15.2 Å². The van der Waals surface area contributed by atoms with Crippen molar-refractivity contribution in [1.82, 2.24) is 14.8 Å². The molecule has 2 N–H and O–H groups in total. The Balaban J connectivity index is 1.71. The number of aromatic amines is 1. The predicted molar refractivity (Wildman–Crippen MR) is 145 cm³/mol. The molecule has 3 heterocycles. The van der Waals surface area contributed by atoms with E-state index in [1.807, 2.05) is 25.8 Å². The molecule has 2 aliphatic heterocycles. The standard InChI is InChI=1S/C28H32F7N5O2/c1-16-14-40(15-17(2)38(16)3)24-12-22(29)19(18-4-7-39(8-5-18)9-6-27(30,31)32)10-23(24)37-26(42)20-13-36-25(41)11-21(20)28(33,34)35/h4,10-13,16-17H,5-9,14-15H2,1-3H3,(H,36,41)(H,37,42). The van der Waals surface area contributed by atoms with Crippen LogP contribution in [0.3, 0.4) is 0 Å². The lowest BCUT2D eigenvalue weighted by molar-refractivity contribution is -0.138. The smallest absolute Gasteiger partial charge is 0.367 e. The van der Waals surface area contributed by atoms with Crippen molar-refractivity contribution in [2.75, 3.05) is 50.0 Å². The van der Waals surface area contributed by atoms with E-state index >= 15 is 4.39 Å². The summed E-state index contributed by atoms with van der Waals surface area (Å²) in [5, 5.41) is 2.50. The number of piperazine rings is 1. The lowest BCUT2D eigenvalue weighted by Gasteiger charge is -2.44. The van der Waals surface area contributed by atoms with E-state index in [4.69, 9.17) is 0 Å². The lowest BCUT2D eigenvalue weighted by Crippen LogP contribution is -2.55. The van der Waals surface area contributed by atoms with Gasteiger partial charge in [0.1, 0.15) is 5.82 Å². The molecule has 42 heavy (non-hydrogen) atoms. The summed E-state index contributed by atoms with van der Waals surface area (Å²) < 4.78 is 94.5. The number of H-pyrrole nitrogens is 1. The van der Waals surface area contributed by atoms with Crippen LogP contribution >= 0.6 is 0 Å². The summed E-state index contributed by atoms with van der Waals surface area (Å²) in [5.41, 5.74) is -2.30. The van der Waals surface area contributed by atoms with Gasteiger partial charge in [0.2, 0.25) is 5.56 Å². The second-order valence-corrected chi connectivity index (χ2v) is 10.8. The molecular formula is C28H32F7N5O2. The van der Waals surface area contributed by atoms with Crippen LogP contribution in [0.25, 0.3) is 5.57 Å². The summed E-state index contributed by atoms with van der Waals surface area (Å²) in [7, 11) is 1.95. The van der Waals surface area contributed by atoms with Crippen LogP contribution in [0.4, 0.5) is 42.1 Å². The van der Waals surface area contributed by atoms with Gasteiger partial charge in [0.25, 0.3) is 5.91 Å². The minimum Gasteiger partial charge on any atom is -0.367 e. The van der Waals surface area contributed by atoms with E-state index in [0.717, 1.165) is 0 Å². The summed E-state index contributed by atoms with van der Waals surface area (Å²) in [5.74, 6) is -1.78. The number of amides is 1. The first-order chi connectivity index (χ1) is 19.5. The number of nitrogens with zero attached hydrogens (tertiary/aromatic N) is 3. The number of benzene rings is 1. The SMILES string of the molecule is CC1CN(c2cc(F)c(C3=CCN(CCC(F)(F)F)CC3)cc2NC(=O)c2c[nH]c(=O)cc2C(F)(F)F)CC(C)N1C. The maximum Gasteiger partial charge on any atom is 0.417 e. The highest BCUT2D eigenvalue weighted by Crippen LogP contribution is 2.37. The van der Waals surface area contributed by atoms with Crippen molar-refractivity contribution in [1.29, 1.82) is 0 Å². The number of nitrogens with one attached hydrogen (secondary N) is 2. The Morgan fingerprint density at radius 3 is 2.31 bits per heavy atom. The molecule has 1 amide bonds. The zero-order chi connectivity index (χ0) is 31.0. The molecule has 2 aromatic rings. The zero-order valence-electron chi connectivity index (χ0n) is 23.3. The number of halogens is 7. The summed E-state index contributed by atoms with van der Waals surface area (Å²) in [4.78, 5) is 32.5. The summed E-state index contributed by atoms with van der Waals surface area (Å²) >= 11 is 0. The minimum absolute atomic E-state index is 0.0415. The first-order valence-electron chi connectivity index (χ1n) is 13.4. The molecule has 1 fully saturated rings. The highest BCUT2D eigenvalue weighted by molar-refractivity contribution is 6.07. The number of rotatable bonds is 6.